The molecule has 0 atom stereocenters. The SMILES string of the molecule is c1ccc(-c2ccc(-c3ccccc3N(c3ccc(-c4ccccc4)cc3)c3cc4oc5ccc6c7ccccc7oc6c5c4c4c3oc3ccccc34)cc2)cc1.c1ccc(-c2ccc(N(c3cc(-c4ccccc4)cc(-c4ccccc4)c3)c3cc4oc5ccc6c7ccccc7oc6c5c4c4c3oc3ccccc34)cc2)cc1. The normalized spacial score (nSPS) is 11.8. The van der Waals surface area contributed by atoms with Crippen LogP contribution in [0.5, 0.6) is 0 Å². The van der Waals surface area contributed by atoms with E-state index in [1.165, 1.54) is 22.3 Å². The van der Waals surface area contributed by atoms with Crippen LogP contribution in [0.3, 0.4) is 0 Å². The van der Waals surface area contributed by atoms with Gasteiger partial charge in [0.2, 0.25) is 0 Å². The number of para-hydroxylation sites is 5. The van der Waals surface area contributed by atoms with Crippen molar-refractivity contribution in [3.05, 3.63) is 400 Å². The Morgan fingerprint density at radius 1 is 0.147 bits per heavy atom. The fourth-order valence-electron chi connectivity index (χ4n) is 17.6. The maximum absolute atomic E-state index is 7.01. The molecule has 8 nitrogen and oxygen atoms in total. The molecule has 0 unspecified atom stereocenters. The van der Waals surface area contributed by atoms with Gasteiger partial charge in [0.1, 0.15) is 55.8 Å². The summed E-state index contributed by atoms with van der Waals surface area (Å²) in [5, 5.41) is 12.1. The molecule has 0 saturated carbocycles. The second-order valence-electron chi connectivity index (χ2n) is 29.6. The molecule has 0 spiro atoms. The van der Waals surface area contributed by atoms with Crippen LogP contribution in [0, 0.1) is 0 Å². The number of anilines is 6. The van der Waals surface area contributed by atoms with Gasteiger partial charge in [0.05, 0.1) is 27.8 Å². The van der Waals surface area contributed by atoms with Crippen molar-refractivity contribution >= 4 is 166 Å². The Bertz CT molecular complexity index is 7860. The van der Waals surface area contributed by atoms with E-state index in [2.05, 4.69) is 362 Å². The quantitative estimate of drug-likeness (QED) is 0.120. The third-order valence-corrected chi connectivity index (χ3v) is 22.9. The molecule has 0 saturated heterocycles. The highest BCUT2D eigenvalue weighted by Gasteiger charge is 2.31. The zero-order chi connectivity index (χ0) is 76.3. The first-order valence-corrected chi connectivity index (χ1v) is 39.2. The lowest BCUT2D eigenvalue weighted by atomic mass is 9.96. The zero-order valence-corrected chi connectivity index (χ0v) is 62.4. The lowest BCUT2D eigenvalue weighted by Crippen LogP contribution is -2.11. The molecule has 116 heavy (non-hydrogen) atoms. The molecule has 544 valence electrons. The summed E-state index contributed by atoms with van der Waals surface area (Å²) in [6.07, 6.45) is 0. The van der Waals surface area contributed by atoms with Crippen LogP contribution < -0.4 is 9.80 Å². The van der Waals surface area contributed by atoms with Gasteiger partial charge in [0.25, 0.3) is 0 Å². The predicted molar refractivity (Wildman–Crippen MR) is 479 cm³/mol. The standard InChI is InChI=1S/2C54H33NO3/c1-4-14-34(15-5-1)37-24-26-40(27-25-37)55(41-31-38(35-16-6-2-7-17-35)30-39(32-41)36-18-8-3-9-19-36)45-33-49-51(50-44-21-11-13-23-47(44)58-54(45)50)52-48(56-49)29-28-43-42-20-10-12-22-46(42)57-53(43)52;1-3-13-34(14-4-1)36-23-25-38(26-24-36)40-17-7-10-20-44(40)55(39-29-27-37(28-30-39)35-15-5-2-6-16-35)45-33-49-51(50-43-19-9-12-22-47(43)58-54(45)50)52-48(56-49)32-31-42-41-18-8-11-21-46(41)57-53(42)52/h2*1-33H. The number of benzene rings is 18. The number of fused-ring (bicyclic) bond motifs is 22. The number of rotatable bonds is 12. The van der Waals surface area contributed by atoms with E-state index in [4.69, 9.17) is 26.5 Å². The fourth-order valence-corrected chi connectivity index (χ4v) is 17.6. The van der Waals surface area contributed by atoms with Gasteiger partial charge in [-0.2, -0.15) is 0 Å². The van der Waals surface area contributed by atoms with E-state index in [1.807, 2.05) is 48.5 Å². The summed E-state index contributed by atoms with van der Waals surface area (Å²) < 4.78 is 41.0. The summed E-state index contributed by atoms with van der Waals surface area (Å²) in [5.74, 6) is 0. The van der Waals surface area contributed by atoms with Crippen LogP contribution in [0.2, 0.25) is 0 Å². The van der Waals surface area contributed by atoms with Crippen molar-refractivity contribution in [3.8, 4) is 66.8 Å². The minimum Gasteiger partial charge on any atom is -0.456 e. The number of hydrogen-bond acceptors (Lipinski definition) is 8. The molecule has 0 bridgehead atoms. The van der Waals surface area contributed by atoms with Gasteiger partial charge < -0.3 is 36.3 Å². The number of furan rings is 6. The van der Waals surface area contributed by atoms with Gasteiger partial charge in [0.15, 0.2) is 11.2 Å². The molecule has 18 aromatic carbocycles. The van der Waals surface area contributed by atoms with Crippen molar-refractivity contribution in [2.45, 2.75) is 0 Å². The van der Waals surface area contributed by atoms with Gasteiger partial charge in [0, 0.05) is 88.6 Å². The van der Waals surface area contributed by atoms with Gasteiger partial charge in [-0.1, -0.05) is 291 Å². The molecule has 0 fully saturated rings. The average Bonchev–Trinajstić information content (AvgIpc) is 1.55. The molecule has 0 amide bonds. The van der Waals surface area contributed by atoms with Gasteiger partial charge in [-0.25, -0.2) is 0 Å². The largest absolute Gasteiger partial charge is 0.456 e. The van der Waals surface area contributed by atoms with E-state index >= 15 is 0 Å². The van der Waals surface area contributed by atoms with E-state index in [0.29, 0.717) is 0 Å². The molecule has 24 aromatic rings. The van der Waals surface area contributed by atoms with E-state index in [1.54, 1.807) is 0 Å². The summed E-state index contributed by atoms with van der Waals surface area (Å²) in [7, 11) is 0. The van der Waals surface area contributed by atoms with E-state index in [0.717, 1.165) is 210 Å². The monoisotopic (exact) mass is 1490 g/mol. The molecular weight excluding hydrogens is 1420 g/mol. The molecule has 0 N–H and O–H groups in total. The summed E-state index contributed by atoms with van der Waals surface area (Å²) in [5.41, 5.74) is 28.9. The lowest BCUT2D eigenvalue weighted by molar-refractivity contribution is 0.660. The first-order valence-electron chi connectivity index (χ1n) is 39.2. The minimum atomic E-state index is 0.755. The van der Waals surface area contributed by atoms with Crippen LogP contribution in [-0.4, -0.2) is 0 Å². The first-order chi connectivity index (χ1) is 57.5. The van der Waals surface area contributed by atoms with E-state index < -0.39 is 0 Å². The second-order valence-corrected chi connectivity index (χ2v) is 29.6. The zero-order valence-electron chi connectivity index (χ0n) is 62.4. The third-order valence-electron chi connectivity index (χ3n) is 22.9. The topological polar surface area (TPSA) is 85.3 Å². The van der Waals surface area contributed by atoms with Crippen LogP contribution in [-0.2, 0) is 0 Å². The van der Waals surface area contributed by atoms with Crippen LogP contribution in [0.25, 0.3) is 198 Å². The maximum atomic E-state index is 7.01. The van der Waals surface area contributed by atoms with Crippen LogP contribution >= 0.6 is 0 Å². The van der Waals surface area contributed by atoms with Crippen molar-refractivity contribution in [1.29, 1.82) is 0 Å². The Morgan fingerprint density at radius 2 is 0.466 bits per heavy atom. The summed E-state index contributed by atoms with van der Waals surface area (Å²) in [4.78, 5) is 4.64. The Hall–Kier alpha value is -15.6. The molecular formula is C108H66N2O6. The first kappa shape index (κ1) is 66.2. The highest BCUT2D eigenvalue weighted by molar-refractivity contribution is 6.35. The molecule has 6 aromatic heterocycles. The van der Waals surface area contributed by atoms with E-state index in [9.17, 15) is 0 Å². The van der Waals surface area contributed by atoms with Crippen molar-refractivity contribution in [3.63, 3.8) is 0 Å². The minimum absolute atomic E-state index is 0.755. The second kappa shape index (κ2) is 27.1. The molecule has 6 heterocycles. The van der Waals surface area contributed by atoms with Crippen molar-refractivity contribution in [2.75, 3.05) is 9.80 Å². The predicted octanol–water partition coefficient (Wildman–Crippen LogP) is 31.7. The third kappa shape index (κ3) is 11.0. The van der Waals surface area contributed by atoms with Crippen LogP contribution in [0.15, 0.2) is 427 Å². The van der Waals surface area contributed by atoms with E-state index in [-0.39, 0.29) is 0 Å². The van der Waals surface area contributed by atoms with Crippen LogP contribution in [0.4, 0.5) is 34.1 Å². The molecule has 0 aliphatic heterocycles. The lowest BCUT2D eigenvalue weighted by Gasteiger charge is -2.28. The summed E-state index contributed by atoms with van der Waals surface area (Å²) >= 11 is 0. The molecule has 0 aliphatic rings. The highest BCUT2D eigenvalue weighted by Crippen LogP contribution is 2.54. The molecule has 0 radical (unpaired) electrons. The van der Waals surface area contributed by atoms with Crippen molar-refractivity contribution < 1.29 is 26.5 Å². The Kier molecular flexibility index (Phi) is 15.5. The smallest absolute Gasteiger partial charge is 0.160 e. The Labute approximate surface area is 665 Å². The van der Waals surface area contributed by atoms with Crippen molar-refractivity contribution in [1.82, 2.24) is 0 Å². The van der Waals surface area contributed by atoms with Gasteiger partial charge in [-0.05, 0) is 158 Å². The summed E-state index contributed by atoms with van der Waals surface area (Å²) in [6, 6.07) is 140. The molecule has 8 heteroatoms. The maximum Gasteiger partial charge on any atom is 0.160 e. The highest BCUT2D eigenvalue weighted by atomic mass is 16.4. The average molecular weight is 1490 g/mol. The van der Waals surface area contributed by atoms with Crippen molar-refractivity contribution in [2.24, 2.45) is 0 Å². The fraction of sp³-hybridized carbons (Fsp3) is 0. The number of hydrogen-bond donors (Lipinski definition) is 0. The number of nitrogens with zero attached hydrogens (tertiary/aromatic N) is 2. The Morgan fingerprint density at radius 3 is 0.897 bits per heavy atom. The molecule has 0 aliphatic carbocycles. The van der Waals surface area contributed by atoms with Gasteiger partial charge in [-0.15, -0.1) is 0 Å². The van der Waals surface area contributed by atoms with Gasteiger partial charge in [-0.3, -0.25) is 0 Å². The van der Waals surface area contributed by atoms with Gasteiger partial charge >= 0.3 is 0 Å². The van der Waals surface area contributed by atoms with Crippen LogP contribution in [0.1, 0.15) is 0 Å². The molecule has 24 rings (SSSR count). The summed E-state index contributed by atoms with van der Waals surface area (Å²) in [6.45, 7) is 0. The Balaban J connectivity index is 0.000000137.